The monoisotopic (exact) mass is 591 g/mol. The van der Waals surface area contributed by atoms with Crippen molar-refractivity contribution in [1.82, 2.24) is 9.80 Å². The molecule has 0 bridgehead atoms. The molecular weight excluding hydrogens is 558 g/mol. The van der Waals surface area contributed by atoms with E-state index in [0.717, 1.165) is 5.56 Å². The van der Waals surface area contributed by atoms with Gasteiger partial charge in [0.05, 0.1) is 29.2 Å². The molecule has 1 unspecified atom stereocenters. The zero-order chi connectivity index (χ0) is 28.9. The summed E-state index contributed by atoms with van der Waals surface area (Å²) in [6.45, 7) is 4.88. The SMILES string of the molecule is CC[C@@H](CO)N1C(=O)[C@@H]2[C@@H]3C(=O)N(Cc4ccccc4)CC=C[C@]3(C)S[C@@]23C=CCN(c2ccc(Cl)cc2)C(=O)C13. The van der Waals surface area contributed by atoms with Gasteiger partial charge in [0.15, 0.2) is 0 Å². The molecule has 41 heavy (non-hydrogen) atoms. The highest BCUT2D eigenvalue weighted by molar-refractivity contribution is 8.02. The maximum atomic E-state index is 14.6. The van der Waals surface area contributed by atoms with Crippen LogP contribution < -0.4 is 4.90 Å². The number of hydrogen-bond acceptors (Lipinski definition) is 5. The summed E-state index contributed by atoms with van der Waals surface area (Å²) in [5, 5.41) is 10.9. The largest absolute Gasteiger partial charge is 0.394 e. The molecule has 6 rings (SSSR count). The van der Waals surface area contributed by atoms with E-state index in [9.17, 15) is 19.5 Å². The molecule has 4 aliphatic heterocycles. The molecule has 1 N–H and O–H groups in total. The first-order valence-electron chi connectivity index (χ1n) is 14.1. The molecule has 7 nitrogen and oxygen atoms in total. The minimum atomic E-state index is -0.965. The van der Waals surface area contributed by atoms with E-state index in [2.05, 4.69) is 6.08 Å². The Bertz CT molecular complexity index is 1410. The van der Waals surface area contributed by atoms with Crippen LogP contribution in [0.4, 0.5) is 5.69 Å². The van der Waals surface area contributed by atoms with Crippen LogP contribution in [0.25, 0.3) is 0 Å². The van der Waals surface area contributed by atoms with Crippen molar-refractivity contribution in [1.29, 1.82) is 0 Å². The lowest BCUT2D eigenvalue weighted by Crippen LogP contribution is -2.56. The third-order valence-electron chi connectivity index (χ3n) is 9.01. The van der Waals surface area contributed by atoms with Crippen LogP contribution in [-0.2, 0) is 20.9 Å². The van der Waals surface area contributed by atoms with Gasteiger partial charge >= 0.3 is 0 Å². The molecule has 0 radical (unpaired) electrons. The number of fused-ring (bicyclic) bond motifs is 2. The molecule has 9 heteroatoms. The summed E-state index contributed by atoms with van der Waals surface area (Å²) in [5.41, 5.74) is 1.70. The van der Waals surface area contributed by atoms with Crippen molar-refractivity contribution in [2.75, 3.05) is 24.6 Å². The van der Waals surface area contributed by atoms with E-state index in [-0.39, 0.29) is 24.3 Å². The summed E-state index contributed by atoms with van der Waals surface area (Å²) in [7, 11) is 0. The number of aliphatic hydroxyl groups excluding tert-OH is 1. The van der Waals surface area contributed by atoms with Crippen LogP contribution in [0.3, 0.4) is 0 Å². The van der Waals surface area contributed by atoms with Gasteiger partial charge in [0, 0.05) is 35.1 Å². The van der Waals surface area contributed by atoms with Gasteiger partial charge in [-0.25, -0.2) is 0 Å². The Morgan fingerprint density at radius 3 is 2.34 bits per heavy atom. The Hall–Kier alpha value is -3.07. The summed E-state index contributed by atoms with van der Waals surface area (Å²) in [6.07, 6.45) is 8.53. The van der Waals surface area contributed by atoms with E-state index in [1.165, 1.54) is 0 Å². The zero-order valence-electron chi connectivity index (χ0n) is 23.2. The number of nitrogens with zero attached hydrogens (tertiary/aromatic N) is 3. The Balaban J connectivity index is 1.45. The van der Waals surface area contributed by atoms with Crippen molar-refractivity contribution in [2.24, 2.45) is 11.8 Å². The van der Waals surface area contributed by atoms with Gasteiger partial charge in [-0.05, 0) is 43.2 Å². The number of hydrogen-bond donors (Lipinski definition) is 1. The first kappa shape index (κ1) is 28.1. The van der Waals surface area contributed by atoms with E-state index in [1.807, 2.05) is 67.3 Å². The van der Waals surface area contributed by atoms with Gasteiger partial charge < -0.3 is 19.8 Å². The number of aliphatic hydroxyl groups is 1. The van der Waals surface area contributed by atoms with Crippen LogP contribution in [0.5, 0.6) is 0 Å². The number of likely N-dealkylation sites (tertiary alicyclic amines) is 1. The number of benzene rings is 2. The van der Waals surface area contributed by atoms with Crippen molar-refractivity contribution in [3.63, 3.8) is 0 Å². The first-order valence-corrected chi connectivity index (χ1v) is 15.3. The maximum absolute atomic E-state index is 14.6. The molecule has 2 aromatic rings. The minimum absolute atomic E-state index is 0.0821. The van der Waals surface area contributed by atoms with Crippen molar-refractivity contribution < 1.29 is 19.5 Å². The van der Waals surface area contributed by atoms with Gasteiger partial charge in [0.1, 0.15) is 6.04 Å². The second-order valence-corrected chi connectivity index (χ2v) is 13.6. The van der Waals surface area contributed by atoms with Gasteiger partial charge in [0.25, 0.3) is 5.91 Å². The molecule has 0 aliphatic carbocycles. The van der Waals surface area contributed by atoms with Gasteiger partial charge in [0.2, 0.25) is 11.8 Å². The second kappa shape index (κ2) is 10.6. The maximum Gasteiger partial charge on any atom is 0.251 e. The average molecular weight is 592 g/mol. The first-order chi connectivity index (χ1) is 19.7. The van der Waals surface area contributed by atoms with Gasteiger partial charge in [-0.3, -0.25) is 14.4 Å². The molecule has 2 saturated heterocycles. The lowest BCUT2D eigenvalue weighted by Gasteiger charge is -2.39. The summed E-state index contributed by atoms with van der Waals surface area (Å²) in [5.74, 6) is -1.95. The van der Waals surface area contributed by atoms with Crippen LogP contribution >= 0.6 is 23.4 Å². The Morgan fingerprint density at radius 1 is 0.951 bits per heavy atom. The predicted molar refractivity (Wildman–Crippen MR) is 161 cm³/mol. The predicted octanol–water partition coefficient (Wildman–Crippen LogP) is 4.30. The highest BCUT2D eigenvalue weighted by Gasteiger charge is 2.74. The zero-order valence-corrected chi connectivity index (χ0v) is 24.7. The highest BCUT2D eigenvalue weighted by Crippen LogP contribution is 2.66. The van der Waals surface area contributed by atoms with Crippen molar-refractivity contribution in [2.45, 2.75) is 48.4 Å². The van der Waals surface area contributed by atoms with E-state index in [1.54, 1.807) is 45.8 Å². The molecule has 2 fully saturated rings. The summed E-state index contributed by atoms with van der Waals surface area (Å²) >= 11 is 7.69. The molecule has 4 aliphatic rings. The number of anilines is 1. The Kier molecular flexibility index (Phi) is 7.29. The minimum Gasteiger partial charge on any atom is -0.394 e. The number of rotatable bonds is 6. The van der Waals surface area contributed by atoms with Gasteiger partial charge in [-0.2, -0.15) is 0 Å². The Morgan fingerprint density at radius 2 is 1.66 bits per heavy atom. The Labute approximate surface area is 249 Å². The standard InChI is InChI=1S/C32H34ClN3O4S/c1-3-23(20-37)36-27-30(40)35(24-13-11-22(33)12-14-24)18-8-16-32(27)26(29(36)39)25-28(38)34(17-7-15-31(25,2)41-32)19-21-9-5-4-6-10-21/h4-16,23,25-27,37H,3,17-20H2,1-2H3/t23-,25+,26-,27?,31-,32-/m0/s1. The third-order valence-corrected chi connectivity index (χ3v) is 11.1. The van der Waals surface area contributed by atoms with Crippen LogP contribution in [0.1, 0.15) is 25.8 Å². The lowest BCUT2D eigenvalue weighted by atomic mass is 9.74. The quantitative estimate of drug-likeness (QED) is 0.507. The third kappa shape index (κ3) is 4.42. The van der Waals surface area contributed by atoms with E-state index >= 15 is 0 Å². The van der Waals surface area contributed by atoms with Crippen LogP contribution in [0.15, 0.2) is 78.9 Å². The molecule has 0 saturated carbocycles. The number of amides is 3. The van der Waals surface area contributed by atoms with Gasteiger partial charge in [-0.15, -0.1) is 11.8 Å². The van der Waals surface area contributed by atoms with Crippen molar-refractivity contribution >= 4 is 46.8 Å². The van der Waals surface area contributed by atoms with Crippen LogP contribution in [0.2, 0.25) is 5.02 Å². The number of carbonyl (C=O) groups excluding carboxylic acids is 3. The fraction of sp³-hybridized carbons (Fsp3) is 0.406. The van der Waals surface area contributed by atoms with Crippen molar-refractivity contribution in [3.05, 3.63) is 89.5 Å². The van der Waals surface area contributed by atoms with E-state index in [0.29, 0.717) is 36.8 Å². The molecule has 4 heterocycles. The second-order valence-electron chi connectivity index (χ2n) is 11.4. The molecule has 0 aromatic heterocycles. The molecular formula is C32H34ClN3O4S. The average Bonchev–Trinajstić information content (AvgIpc) is 3.24. The van der Waals surface area contributed by atoms with E-state index in [4.69, 9.17) is 11.6 Å². The van der Waals surface area contributed by atoms with Crippen LogP contribution in [-0.4, -0.2) is 73.9 Å². The molecule has 214 valence electrons. The number of thioether (sulfide) groups is 1. The smallest absolute Gasteiger partial charge is 0.251 e. The molecule has 1 spiro atoms. The molecule has 2 aromatic carbocycles. The van der Waals surface area contributed by atoms with Gasteiger partial charge in [-0.1, -0.05) is 73.2 Å². The fourth-order valence-electron chi connectivity index (χ4n) is 7.12. The lowest BCUT2D eigenvalue weighted by molar-refractivity contribution is -0.145. The van der Waals surface area contributed by atoms with Crippen LogP contribution in [0, 0.1) is 11.8 Å². The summed E-state index contributed by atoms with van der Waals surface area (Å²) < 4.78 is -1.65. The highest BCUT2D eigenvalue weighted by atomic mass is 35.5. The molecule has 6 atom stereocenters. The summed E-state index contributed by atoms with van der Waals surface area (Å²) in [6, 6.07) is 15.5. The van der Waals surface area contributed by atoms with Crippen molar-refractivity contribution in [3.8, 4) is 0 Å². The topological polar surface area (TPSA) is 81.2 Å². The summed E-state index contributed by atoms with van der Waals surface area (Å²) in [4.78, 5) is 48.6. The molecule has 3 amide bonds. The number of carbonyl (C=O) groups is 3. The van der Waals surface area contributed by atoms with E-state index < -0.39 is 33.4 Å². The number of halogens is 1. The fourth-order valence-corrected chi connectivity index (χ4v) is 9.39. The normalized spacial score (nSPS) is 31.6.